The maximum absolute atomic E-state index is 13.5. The molecule has 9 nitrogen and oxygen atoms in total. The summed E-state index contributed by atoms with van der Waals surface area (Å²) in [6.45, 7) is 7.07. The quantitative estimate of drug-likeness (QED) is 0.212. The first-order chi connectivity index (χ1) is 20.6. The second-order valence-corrected chi connectivity index (χ2v) is 11.5. The summed E-state index contributed by atoms with van der Waals surface area (Å²) in [7, 11) is 0. The molecule has 0 aliphatic carbocycles. The Bertz CT molecular complexity index is 1580. The molecule has 1 amide bonds. The Kier molecular flexibility index (Phi) is 9.11. The number of alkyl halides is 3. The van der Waals surface area contributed by atoms with Gasteiger partial charge in [-0.15, -0.1) is 11.3 Å². The van der Waals surface area contributed by atoms with Crippen LogP contribution in [0.25, 0.3) is 27.5 Å². The van der Waals surface area contributed by atoms with Crippen LogP contribution in [0.1, 0.15) is 50.4 Å². The fourth-order valence-corrected chi connectivity index (χ4v) is 6.02. The summed E-state index contributed by atoms with van der Waals surface area (Å²) in [5, 5.41) is 8.38. The van der Waals surface area contributed by atoms with E-state index >= 15 is 0 Å². The van der Waals surface area contributed by atoms with Gasteiger partial charge >= 0.3 is 6.18 Å². The van der Waals surface area contributed by atoms with Crippen LogP contribution in [-0.2, 0) is 4.79 Å². The van der Waals surface area contributed by atoms with Crippen LogP contribution in [0.3, 0.4) is 0 Å². The molecule has 0 unspecified atom stereocenters. The average Bonchev–Trinajstić information content (AvgIpc) is 3.64. The summed E-state index contributed by atoms with van der Waals surface area (Å²) in [5.74, 6) is -0.453. The lowest BCUT2D eigenvalue weighted by Gasteiger charge is -2.41. The number of thiophene rings is 1. The molecule has 4 aromatic rings. The Hall–Kier alpha value is -3.84. The summed E-state index contributed by atoms with van der Waals surface area (Å²) in [4.78, 5) is 40.7. The normalized spacial score (nSPS) is 16.0. The fraction of sp³-hybridized carbons (Fsp3) is 0.433. The van der Waals surface area contributed by atoms with Crippen LogP contribution in [0.5, 0.6) is 0 Å². The Balaban J connectivity index is 1.49. The highest BCUT2D eigenvalue weighted by Crippen LogP contribution is 2.32. The van der Waals surface area contributed by atoms with Crippen LogP contribution < -0.4 is 10.2 Å². The molecule has 1 saturated heterocycles. The lowest BCUT2D eigenvalue weighted by molar-refractivity contribution is -0.139. The molecule has 1 N–H and O–H groups in total. The van der Waals surface area contributed by atoms with Gasteiger partial charge in [0.25, 0.3) is 0 Å². The van der Waals surface area contributed by atoms with Crippen LogP contribution in [0, 0.1) is 0 Å². The number of Topliss-reactive ketones (excluding diaryl/α,β-unsaturated/α-hetero) is 1. The third kappa shape index (κ3) is 6.88. The molecular formula is C30H34F3N7O2S. The van der Waals surface area contributed by atoms with Crippen molar-refractivity contribution in [3.05, 3.63) is 53.7 Å². The van der Waals surface area contributed by atoms with E-state index in [1.807, 2.05) is 35.1 Å². The van der Waals surface area contributed by atoms with Gasteiger partial charge in [-0.2, -0.15) is 18.3 Å². The summed E-state index contributed by atoms with van der Waals surface area (Å²) >= 11 is 1.56. The van der Waals surface area contributed by atoms with Crippen molar-refractivity contribution in [1.82, 2.24) is 29.8 Å². The molecule has 1 fully saturated rings. The van der Waals surface area contributed by atoms with Crippen molar-refractivity contribution in [2.75, 3.05) is 31.1 Å². The molecule has 228 valence electrons. The molecular weight excluding hydrogens is 579 g/mol. The van der Waals surface area contributed by atoms with Gasteiger partial charge in [-0.05, 0) is 62.5 Å². The first kappa shape index (κ1) is 30.6. The van der Waals surface area contributed by atoms with Crippen LogP contribution in [-0.4, -0.2) is 80.6 Å². The van der Waals surface area contributed by atoms with Gasteiger partial charge in [0.2, 0.25) is 5.91 Å². The number of carbonyl (C=O) groups is 2. The van der Waals surface area contributed by atoms with E-state index in [-0.39, 0.29) is 11.8 Å². The molecule has 43 heavy (non-hydrogen) atoms. The van der Waals surface area contributed by atoms with Crippen molar-refractivity contribution in [3.63, 3.8) is 0 Å². The molecule has 4 aromatic heterocycles. The van der Waals surface area contributed by atoms with Gasteiger partial charge < -0.3 is 15.1 Å². The highest BCUT2D eigenvalue weighted by molar-refractivity contribution is 7.13. The summed E-state index contributed by atoms with van der Waals surface area (Å²) in [6.07, 6.45) is 0.286. The van der Waals surface area contributed by atoms with Crippen LogP contribution in [0.4, 0.5) is 19.0 Å². The number of pyridine rings is 1. The molecule has 1 aliphatic rings. The van der Waals surface area contributed by atoms with Crippen LogP contribution in [0.2, 0.25) is 0 Å². The SMILES string of the molecule is CCN(CC)[C@@H](C)CCC(=O)c1cc(-c2cnn3ccc(-c4cccs4)nc23)nc(N2CC[C@H]2C(=O)NCC(F)(F)F)c1. The molecule has 2 atom stereocenters. The number of anilines is 1. The minimum atomic E-state index is -4.51. The third-order valence-corrected chi connectivity index (χ3v) is 8.75. The number of carbonyl (C=O) groups excluding carboxylic acids is 2. The van der Waals surface area contributed by atoms with Crippen molar-refractivity contribution < 1.29 is 22.8 Å². The molecule has 0 radical (unpaired) electrons. The smallest absolute Gasteiger partial charge is 0.345 e. The summed E-state index contributed by atoms with van der Waals surface area (Å²) in [6, 6.07) is 8.54. The predicted octanol–water partition coefficient (Wildman–Crippen LogP) is 5.47. The number of halogens is 3. The number of hydrogen-bond acceptors (Lipinski definition) is 8. The van der Waals surface area contributed by atoms with Gasteiger partial charge in [-0.25, -0.2) is 14.5 Å². The van der Waals surface area contributed by atoms with Crippen molar-refractivity contribution in [2.45, 2.75) is 58.3 Å². The van der Waals surface area contributed by atoms with Crippen molar-refractivity contribution in [3.8, 4) is 21.8 Å². The summed E-state index contributed by atoms with van der Waals surface area (Å²) < 4.78 is 39.9. The molecule has 0 spiro atoms. The van der Waals surface area contributed by atoms with E-state index in [4.69, 9.17) is 9.97 Å². The molecule has 13 heteroatoms. The van der Waals surface area contributed by atoms with E-state index < -0.39 is 24.7 Å². The number of amides is 1. The highest BCUT2D eigenvalue weighted by atomic mass is 32.1. The maximum Gasteiger partial charge on any atom is 0.405 e. The van der Waals surface area contributed by atoms with Gasteiger partial charge in [-0.1, -0.05) is 19.9 Å². The molecule has 5 rings (SSSR count). The minimum absolute atomic E-state index is 0.0776. The second kappa shape index (κ2) is 12.8. The van der Waals surface area contributed by atoms with Crippen LogP contribution in [0.15, 0.2) is 48.1 Å². The number of hydrogen-bond donors (Lipinski definition) is 1. The second-order valence-electron chi connectivity index (χ2n) is 10.6. The topological polar surface area (TPSA) is 95.7 Å². The van der Waals surface area contributed by atoms with E-state index in [2.05, 4.69) is 30.8 Å². The first-order valence-corrected chi connectivity index (χ1v) is 15.2. The van der Waals surface area contributed by atoms with E-state index in [1.54, 1.807) is 39.1 Å². The third-order valence-electron chi connectivity index (χ3n) is 7.86. The van der Waals surface area contributed by atoms with Gasteiger partial charge in [0.05, 0.1) is 28.0 Å². The Labute approximate surface area is 251 Å². The molecule has 1 aliphatic heterocycles. The molecule has 0 saturated carbocycles. The van der Waals surface area contributed by atoms with Gasteiger partial charge in [-0.3, -0.25) is 9.59 Å². The molecule has 5 heterocycles. The van der Waals surface area contributed by atoms with E-state index in [0.717, 1.165) is 23.7 Å². The Morgan fingerprint density at radius 1 is 1.16 bits per heavy atom. The number of nitrogens with one attached hydrogen (secondary N) is 1. The fourth-order valence-electron chi connectivity index (χ4n) is 5.33. The van der Waals surface area contributed by atoms with Gasteiger partial charge in [0.15, 0.2) is 11.4 Å². The van der Waals surface area contributed by atoms with E-state index in [9.17, 15) is 22.8 Å². The number of fused-ring (bicyclic) bond motifs is 1. The number of aromatic nitrogens is 4. The zero-order valence-electron chi connectivity index (χ0n) is 24.3. The lowest BCUT2D eigenvalue weighted by atomic mass is 9.99. The van der Waals surface area contributed by atoms with Crippen molar-refractivity contribution in [1.29, 1.82) is 0 Å². The first-order valence-electron chi connectivity index (χ1n) is 14.4. The molecule has 0 bridgehead atoms. The lowest BCUT2D eigenvalue weighted by Crippen LogP contribution is -2.57. The van der Waals surface area contributed by atoms with Gasteiger partial charge in [0.1, 0.15) is 18.4 Å². The number of nitrogens with zero attached hydrogens (tertiary/aromatic N) is 6. The Morgan fingerprint density at radius 2 is 1.95 bits per heavy atom. The van der Waals surface area contributed by atoms with E-state index in [1.165, 1.54) is 0 Å². The zero-order valence-corrected chi connectivity index (χ0v) is 25.1. The summed E-state index contributed by atoms with van der Waals surface area (Å²) in [5.41, 5.74) is 2.79. The largest absolute Gasteiger partial charge is 0.405 e. The minimum Gasteiger partial charge on any atom is -0.345 e. The monoisotopic (exact) mass is 613 g/mol. The highest BCUT2D eigenvalue weighted by Gasteiger charge is 2.38. The zero-order chi connectivity index (χ0) is 30.7. The predicted molar refractivity (Wildman–Crippen MR) is 160 cm³/mol. The van der Waals surface area contributed by atoms with E-state index in [0.29, 0.717) is 54.1 Å². The van der Waals surface area contributed by atoms with Crippen molar-refractivity contribution >= 4 is 34.5 Å². The average molecular weight is 614 g/mol. The van der Waals surface area contributed by atoms with Crippen molar-refractivity contribution in [2.24, 2.45) is 0 Å². The van der Waals surface area contributed by atoms with Gasteiger partial charge in [0, 0.05) is 30.8 Å². The molecule has 0 aromatic carbocycles. The maximum atomic E-state index is 13.5. The number of ketones is 1. The van der Waals surface area contributed by atoms with Crippen LogP contribution >= 0.6 is 11.3 Å². The standard InChI is InChI=1S/C30H34F3N7O2S/c1-4-38(5-2)19(3)8-9-25(41)20-15-23(21-17-35-40-13-10-22(37-28(21)40)26-7-6-14-43-26)36-27(16-20)39-12-11-24(39)29(42)34-18-30(31,32)33/h6-7,10,13-17,19,24H,4-5,8-9,11-12,18H2,1-3H3,(H,34,42)/t19-,24-/m0/s1. The Morgan fingerprint density at radius 3 is 2.60 bits per heavy atom. The number of rotatable bonds is 12.